The van der Waals surface area contributed by atoms with Crippen molar-refractivity contribution in [2.45, 2.75) is 12.5 Å². The quantitative estimate of drug-likeness (QED) is 0.326. The number of hydrogen-bond acceptors (Lipinski definition) is 7. The molecule has 3 rings (SSSR count). The van der Waals surface area contributed by atoms with Crippen molar-refractivity contribution in [3.8, 4) is 5.75 Å². The number of hydrogen-bond donors (Lipinski definition) is 2. The molecule has 0 radical (unpaired) electrons. The largest absolute Gasteiger partial charge is 0.491 e. The Morgan fingerprint density at radius 2 is 1.96 bits per heavy atom. The molecular formula is C18H20ClN3O5. The zero-order chi connectivity index (χ0) is 18.4. The van der Waals surface area contributed by atoms with Crippen LogP contribution >= 0.6 is 12.4 Å². The number of rotatable bonds is 9. The number of nitro groups is 1. The number of nitrogens with zero attached hydrogens (tertiary/aromatic N) is 2. The first-order valence-corrected chi connectivity index (χ1v) is 8.22. The molecule has 8 nitrogen and oxygen atoms in total. The number of oxazole rings is 1. The molecule has 0 amide bonds. The maximum atomic E-state index is 10.6. The van der Waals surface area contributed by atoms with Gasteiger partial charge < -0.3 is 19.6 Å². The third-order valence-electron chi connectivity index (χ3n) is 3.72. The van der Waals surface area contributed by atoms with E-state index in [4.69, 9.17) is 9.15 Å². The first-order chi connectivity index (χ1) is 12.6. The average Bonchev–Trinajstić information content (AvgIpc) is 3.06. The van der Waals surface area contributed by atoms with E-state index >= 15 is 0 Å². The SMILES string of the molecule is Cl.O=[N+]([O-])c1ccc(OCC(O)CNCCc2nc3ccccc3o2)cc1. The molecule has 3 aromatic rings. The number of nitrogens with one attached hydrogen (secondary N) is 1. The highest BCUT2D eigenvalue weighted by molar-refractivity contribution is 5.85. The van der Waals surface area contributed by atoms with Crippen LogP contribution in [0.1, 0.15) is 5.89 Å². The van der Waals surface area contributed by atoms with Gasteiger partial charge in [0, 0.05) is 31.6 Å². The summed E-state index contributed by atoms with van der Waals surface area (Å²) < 4.78 is 11.0. The Balaban J connectivity index is 0.00000261. The Morgan fingerprint density at radius 3 is 2.67 bits per heavy atom. The molecule has 0 saturated heterocycles. The molecule has 27 heavy (non-hydrogen) atoms. The average molecular weight is 394 g/mol. The highest BCUT2D eigenvalue weighted by Gasteiger charge is 2.08. The van der Waals surface area contributed by atoms with E-state index in [0.717, 1.165) is 11.1 Å². The minimum atomic E-state index is -0.700. The van der Waals surface area contributed by atoms with Crippen LogP contribution in [-0.4, -0.2) is 40.8 Å². The van der Waals surface area contributed by atoms with Gasteiger partial charge in [-0.2, -0.15) is 0 Å². The van der Waals surface area contributed by atoms with Crippen molar-refractivity contribution in [3.05, 3.63) is 64.5 Å². The molecule has 0 bridgehead atoms. The van der Waals surface area contributed by atoms with Crippen LogP contribution in [0.4, 0.5) is 5.69 Å². The van der Waals surface area contributed by atoms with Crippen LogP contribution in [0.5, 0.6) is 5.75 Å². The van der Waals surface area contributed by atoms with Gasteiger partial charge in [-0.1, -0.05) is 12.1 Å². The Bertz CT molecular complexity index is 836. The normalized spacial score (nSPS) is 11.7. The summed E-state index contributed by atoms with van der Waals surface area (Å²) in [5.74, 6) is 1.12. The van der Waals surface area contributed by atoms with E-state index in [1.165, 1.54) is 24.3 Å². The fourth-order valence-electron chi connectivity index (χ4n) is 2.41. The molecule has 1 atom stereocenters. The second-order valence-corrected chi connectivity index (χ2v) is 5.75. The van der Waals surface area contributed by atoms with Crippen LogP contribution in [0.2, 0.25) is 0 Å². The van der Waals surface area contributed by atoms with Gasteiger partial charge in [-0.05, 0) is 24.3 Å². The molecule has 2 aromatic carbocycles. The maximum Gasteiger partial charge on any atom is 0.269 e. The van der Waals surface area contributed by atoms with Crippen LogP contribution in [0, 0.1) is 10.1 Å². The van der Waals surface area contributed by atoms with Crippen molar-refractivity contribution in [2.75, 3.05) is 19.7 Å². The lowest BCUT2D eigenvalue weighted by Gasteiger charge is -2.12. The number of aromatic nitrogens is 1. The lowest BCUT2D eigenvalue weighted by atomic mass is 10.3. The first-order valence-electron chi connectivity index (χ1n) is 8.22. The third-order valence-corrected chi connectivity index (χ3v) is 3.72. The summed E-state index contributed by atoms with van der Waals surface area (Å²) in [5.41, 5.74) is 1.59. The molecule has 1 heterocycles. The minimum absolute atomic E-state index is 0. The highest BCUT2D eigenvalue weighted by atomic mass is 35.5. The van der Waals surface area contributed by atoms with E-state index in [9.17, 15) is 15.2 Å². The van der Waals surface area contributed by atoms with Gasteiger partial charge in [0.05, 0.1) is 4.92 Å². The van der Waals surface area contributed by atoms with Gasteiger partial charge in [0.2, 0.25) is 0 Å². The monoisotopic (exact) mass is 393 g/mol. The summed E-state index contributed by atoms with van der Waals surface area (Å²) in [6.07, 6.45) is -0.0845. The van der Waals surface area contributed by atoms with Crippen LogP contribution in [0.25, 0.3) is 11.1 Å². The summed E-state index contributed by atoms with van der Waals surface area (Å²) in [5, 5.41) is 23.6. The number of halogens is 1. The first kappa shape index (κ1) is 20.6. The van der Waals surface area contributed by atoms with Gasteiger partial charge >= 0.3 is 0 Å². The van der Waals surface area contributed by atoms with Crippen LogP contribution < -0.4 is 10.1 Å². The summed E-state index contributed by atoms with van der Waals surface area (Å²) in [6, 6.07) is 13.3. The number of non-ortho nitro benzene ring substituents is 1. The van der Waals surface area contributed by atoms with Crippen molar-refractivity contribution >= 4 is 29.2 Å². The van der Waals surface area contributed by atoms with E-state index in [-0.39, 0.29) is 24.7 Å². The predicted octanol–water partition coefficient (Wildman–Crippen LogP) is 2.73. The number of para-hydroxylation sites is 2. The molecule has 0 saturated carbocycles. The van der Waals surface area contributed by atoms with Crippen LogP contribution in [0.15, 0.2) is 52.9 Å². The maximum absolute atomic E-state index is 10.6. The molecule has 144 valence electrons. The molecule has 9 heteroatoms. The lowest BCUT2D eigenvalue weighted by Crippen LogP contribution is -2.32. The zero-order valence-corrected chi connectivity index (χ0v) is 15.2. The molecule has 0 aliphatic rings. The highest BCUT2D eigenvalue weighted by Crippen LogP contribution is 2.17. The molecule has 1 aromatic heterocycles. The zero-order valence-electron chi connectivity index (χ0n) is 14.4. The molecule has 1 unspecified atom stereocenters. The van der Waals surface area contributed by atoms with Gasteiger partial charge in [-0.3, -0.25) is 10.1 Å². The second-order valence-electron chi connectivity index (χ2n) is 5.75. The van der Waals surface area contributed by atoms with Gasteiger partial charge in [0.1, 0.15) is 24.0 Å². The van der Waals surface area contributed by atoms with Crippen molar-refractivity contribution in [3.63, 3.8) is 0 Å². The lowest BCUT2D eigenvalue weighted by molar-refractivity contribution is -0.384. The van der Waals surface area contributed by atoms with Crippen LogP contribution in [-0.2, 0) is 6.42 Å². The standard InChI is InChI=1S/C18H19N3O5.ClH/c22-14(12-25-15-7-5-13(6-8-15)21(23)24)11-19-10-9-18-20-16-3-1-2-4-17(16)26-18;/h1-8,14,19,22H,9-12H2;1H. The van der Waals surface area contributed by atoms with Gasteiger partial charge in [-0.15, -0.1) is 12.4 Å². The van der Waals surface area contributed by atoms with E-state index in [2.05, 4.69) is 10.3 Å². The van der Waals surface area contributed by atoms with Crippen molar-refractivity contribution in [1.29, 1.82) is 0 Å². The van der Waals surface area contributed by atoms with Crippen molar-refractivity contribution < 1.29 is 19.2 Å². The number of fused-ring (bicyclic) bond motifs is 1. The van der Waals surface area contributed by atoms with Gasteiger partial charge in [-0.25, -0.2) is 4.98 Å². The predicted molar refractivity (Wildman–Crippen MR) is 102 cm³/mol. The fourth-order valence-corrected chi connectivity index (χ4v) is 2.41. The van der Waals surface area contributed by atoms with Crippen molar-refractivity contribution in [2.24, 2.45) is 0 Å². The number of ether oxygens (including phenoxy) is 1. The Morgan fingerprint density at radius 1 is 1.22 bits per heavy atom. The van der Waals surface area contributed by atoms with E-state index < -0.39 is 11.0 Å². The minimum Gasteiger partial charge on any atom is -0.491 e. The topological polar surface area (TPSA) is 111 Å². The van der Waals surface area contributed by atoms with Gasteiger partial charge in [0.25, 0.3) is 5.69 Å². The molecular weight excluding hydrogens is 374 g/mol. The molecule has 0 spiro atoms. The molecule has 0 fully saturated rings. The molecule has 0 aliphatic heterocycles. The van der Waals surface area contributed by atoms with E-state index in [0.29, 0.717) is 31.2 Å². The van der Waals surface area contributed by atoms with Crippen molar-refractivity contribution in [1.82, 2.24) is 10.3 Å². The fraction of sp³-hybridized carbons (Fsp3) is 0.278. The Kier molecular flexibility index (Phi) is 7.54. The number of nitro benzene ring substituents is 1. The molecule has 0 aliphatic carbocycles. The van der Waals surface area contributed by atoms with E-state index in [1.807, 2.05) is 24.3 Å². The van der Waals surface area contributed by atoms with Gasteiger partial charge in [0.15, 0.2) is 11.5 Å². The smallest absolute Gasteiger partial charge is 0.269 e. The summed E-state index contributed by atoms with van der Waals surface area (Å²) in [4.78, 5) is 14.5. The van der Waals surface area contributed by atoms with E-state index in [1.54, 1.807) is 0 Å². The molecule has 2 N–H and O–H groups in total. The van der Waals surface area contributed by atoms with Crippen LogP contribution in [0.3, 0.4) is 0 Å². The second kappa shape index (κ2) is 9.86. The Hall–Kier alpha value is -2.68. The Labute approximate surface area is 161 Å². The third kappa shape index (κ3) is 5.92. The number of aliphatic hydroxyl groups is 1. The number of benzene rings is 2. The summed E-state index contributed by atoms with van der Waals surface area (Å²) in [7, 11) is 0. The number of aliphatic hydroxyl groups excluding tert-OH is 1. The summed E-state index contributed by atoms with van der Waals surface area (Å²) >= 11 is 0. The summed E-state index contributed by atoms with van der Waals surface area (Å²) in [6.45, 7) is 1.06.